The molecule has 0 radical (unpaired) electrons. The van der Waals surface area contributed by atoms with E-state index in [4.69, 9.17) is 0 Å². The summed E-state index contributed by atoms with van der Waals surface area (Å²) >= 11 is -0.613. The molecular formula is C21H27Cl2PZr. The molecule has 0 bridgehead atoms. The van der Waals surface area contributed by atoms with Gasteiger partial charge in [0, 0.05) is 0 Å². The third kappa shape index (κ3) is 5.20. The van der Waals surface area contributed by atoms with Gasteiger partial charge in [0.1, 0.15) is 0 Å². The fraction of sp³-hybridized carbons (Fsp3) is 0.429. The van der Waals surface area contributed by atoms with E-state index in [-0.39, 0.29) is 32.7 Å². The van der Waals surface area contributed by atoms with E-state index in [1.165, 1.54) is 24.8 Å². The average Bonchev–Trinajstić information content (AvgIpc) is 3.13. The second-order valence-corrected chi connectivity index (χ2v) is 12.8. The number of hydrogen-bond acceptors (Lipinski definition) is 0. The summed E-state index contributed by atoms with van der Waals surface area (Å²) in [5, 5.41) is 1.76. The first-order chi connectivity index (χ1) is 11.1. The zero-order chi connectivity index (χ0) is 16.4. The first-order valence-electron chi connectivity index (χ1n) is 8.75. The summed E-state index contributed by atoms with van der Waals surface area (Å²) in [4.78, 5) is 0. The number of fused-ring (bicyclic) bond motifs is 1. The Morgan fingerprint density at radius 1 is 1.20 bits per heavy atom. The Morgan fingerprint density at radius 2 is 1.92 bits per heavy atom. The normalized spacial score (nSPS) is 19.1. The molecule has 0 N–H and O–H groups in total. The van der Waals surface area contributed by atoms with Crippen molar-refractivity contribution in [2.24, 2.45) is 5.92 Å². The number of benzene rings is 1. The maximum Gasteiger partial charge on any atom is -1.00 e. The predicted molar refractivity (Wildman–Crippen MR) is 101 cm³/mol. The molecule has 2 aliphatic carbocycles. The fourth-order valence-corrected chi connectivity index (χ4v) is 11.3. The largest absolute Gasteiger partial charge is 1.00 e. The topological polar surface area (TPSA) is 0 Å². The molecule has 2 atom stereocenters. The van der Waals surface area contributed by atoms with Crippen molar-refractivity contribution in [3.05, 3.63) is 61.7 Å². The molecule has 134 valence electrons. The minimum absolute atomic E-state index is 0. The summed E-state index contributed by atoms with van der Waals surface area (Å²) in [6, 6.07) is 9.13. The van der Waals surface area contributed by atoms with Gasteiger partial charge in [-0.1, -0.05) is 0 Å². The van der Waals surface area contributed by atoms with Crippen LogP contribution in [0.15, 0.2) is 50.6 Å². The Labute approximate surface area is 178 Å². The summed E-state index contributed by atoms with van der Waals surface area (Å²) in [7, 11) is 0.0168. The van der Waals surface area contributed by atoms with E-state index in [0.29, 0.717) is 0 Å². The molecule has 3 rings (SSSR count). The summed E-state index contributed by atoms with van der Waals surface area (Å²) in [5.41, 5.74) is 4.84. The molecule has 0 nitrogen and oxygen atoms in total. The third-order valence-corrected chi connectivity index (χ3v) is 11.3. The van der Waals surface area contributed by atoms with Gasteiger partial charge in [-0.3, -0.25) is 0 Å². The molecule has 25 heavy (non-hydrogen) atoms. The van der Waals surface area contributed by atoms with Gasteiger partial charge in [-0.25, -0.2) is 0 Å². The SMILES string of the molecule is CCCC(C)C1=[C]([Zr+2][CH]2C(P(C)C)=Cc3ccccc32)CC=C1.[Cl-].[Cl-]. The van der Waals surface area contributed by atoms with Crippen LogP contribution in [-0.2, 0) is 23.2 Å². The smallest absolute Gasteiger partial charge is 1.00 e. The zero-order valence-corrected chi connectivity index (χ0v) is 20.4. The predicted octanol–water partition coefficient (Wildman–Crippen LogP) is 0.564. The van der Waals surface area contributed by atoms with Crippen molar-refractivity contribution in [1.29, 1.82) is 0 Å². The van der Waals surface area contributed by atoms with Crippen LogP contribution in [-0.4, -0.2) is 13.3 Å². The van der Waals surface area contributed by atoms with Crippen LogP contribution in [0.4, 0.5) is 0 Å². The van der Waals surface area contributed by atoms with Crippen molar-refractivity contribution in [1.82, 2.24) is 0 Å². The maximum absolute atomic E-state index is 2.52. The van der Waals surface area contributed by atoms with Gasteiger partial charge in [-0.15, -0.1) is 0 Å². The van der Waals surface area contributed by atoms with Crippen LogP contribution < -0.4 is 24.8 Å². The molecule has 4 heteroatoms. The van der Waals surface area contributed by atoms with Gasteiger partial charge in [0.05, 0.1) is 0 Å². The Hall–Kier alpha value is 0.333. The van der Waals surface area contributed by atoms with Gasteiger partial charge in [-0.05, 0) is 0 Å². The Balaban J connectivity index is 0.00000156. The summed E-state index contributed by atoms with van der Waals surface area (Å²) in [5.74, 6) is 0.753. The molecule has 0 fully saturated rings. The van der Waals surface area contributed by atoms with Crippen LogP contribution in [0.25, 0.3) is 6.08 Å². The quantitative estimate of drug-likeness (QED) is 0.531. The number of allylic oxidation sites excluding steroid dienone is 5. The molecule has 0 saturated heterocycles. The molecule has 1 aromatic rings. The van der Waals surface area contributed by atoms with Gasteiger partial charge in [-0.2, -0.15) is 0 Å². The Bertz CT molecular complexity index is 676. The third-order valence-electron chi connectivity index (χ3n) is 4.96. The summed E-state index contributed by atoms with van der Waals surface area (Å²) < 4.78 is 2.65. The van der Waals surface area contributed by atoms with Crippen LogP contribution >= 0.6 is 7.92 Å². The standard InChI is InChI=1S/C11H12P.C10H15.2ClH.Zr/c1-12(2)11-7-9-5-3-4-6-10(9)8-11;1-3-6-9(2)10-7-4-5-8-10;;;/h3-8H,1-2H3;4,7,9H,3,5-6H2,1-2H3;2*1H;/q;;;;+2/p-2. The van der Waals surface area contributed by atoms with E-state index in [1.807, 2.05) is 3.28 Å². The molecule has 0 saturated carbocycles. The average molecular weight is 473 g/mol. The van der Waals surface area contributed by atoms with Crippen LogP contribution in [0, 0.1) is 5.92 Å². The van der Waals surface area contributed by atoms with Crippen molar-refractivity contribution >= 4 is 14.0 Å². The molecule has 1 aromatic carbocycles. The van der Waals surface area contributed by atoms with E-state index in [1.54, 1.807) is 16.5 Å². The van der Waals surface area contributed by atoms with Crippen molar-refractivity contribution in [3.8, 4) is 0 Å². The van der Waals surface area contributed by atoms with E-state index >= 15 is 0 Å². The minimum atomic E-state index is -0.613. The fourth-order valence-electron chi connectivity index (χ4n) is 3.74. The second kappa shape index (κ2) is 10.6. The summed E-state index contributed by atoms with van der Waals surface area (Å²) in [6.45, 7) is 9.60. The van der Waals surface area contributed by atoms with E-state index in [0.717, 1.165) is 9.54 Å². The van der Waals surface area contributed by atoms with Gasteiger partial charge in [0.2, 0.25) is 0 Å². The monoisotopic (exact) mass is 470 g/mol. The number of rotatable bonds is 6. The van der Waals surface area contributed by atoms with Crippen molar-refractivity contribution < 1.29 is 48.0 Å². The van der Waals surface area contributed by atoms with Gasteiger partial charge in [0.25, 0.3) is 0 Å². The molecule has 0 spiro atoms. The maximum atomic E-state index is 2.52. The van der Waals surface area contributed by atoms with Crippen molar-refractivity contribution in [3.63, 3.8) is 0 Å². The number of hydrogen-bond donors (Lipinski definition) is 0. The second-order valence-electron chi connectivity index (χ2n) is 6.90. The number of halogens is 2. The van der Waals surface area contributed by atoms with E-state index < -0.39 is 23.2 Å². The minimum Gasteiger partial charge on any atom is -1.00 e. The Morgan fingerprint density at radius 3 is 2.60 bits per heavy atom. The molecule has 2 aliphatic rings. The van der Waals surface area contributed by atoms with Crippen LogP contribution in [0.1, 0.15) is 47.9 Å². The van der Waals surface area contributed by atoms with Crippen molar-refractivity contribution in [2.45, 2.75) is 36.7 Å². The van der Waals surface area contributed by atoms with Gasteiger partial charge >= 0.3 is 155 Å². The van der Waals surface area contributed by atoms with Crippen molar-refractivity contribution in [2.75, 3.05) is 13.3 Å². The van der Waals surface area contributed by atoms with Gasteiger partial charge in [0.15, 0.2) is 0 Å². The Kier molecular flexibility index (Phi) is 9.92. The summed E-state index contributed by atoms with van der Waals surface area (Å²) in [6.07, 6.45) is 11.3. The van der Waals surface area contributed by atoms with Crippen LogP contribution in [0.2, 0.25) is 0 Å². The first-order valence-corrected chi connectivity index (χ1v) is 13.6. The molecule has 0 aromatic heterocycles. The molecule has 0 amide bonds. The van der Waals surface area contributed by atoms with E-state index in [2.05, 4.69) is 69.7 Å². The zero-order valence-electron chi connectivity index (χ0n) is 15.5. The molecule has 2 unspecified atom stereocenters. The molecule has 0 heterocycles. The first kappa shape index (κ1) is 23.4. The van der Waals surface area contributed by atoms with Crippen LogP contribution in [0.5, 0.6) is 0 Å². The molecule has 0 aliphatic heterocycles. The van der Waals surface area contributed by atoms with Gasteiger partial charge < -0.3 is 24.8 Å². The van der Waals surface area contributed by atoms with E-state index in [9.17, 15) is 0 Å². The molecular weight excluding hydrogens is 445 g/mol. The van der Waals surface area contributed by atoms with Crippen LogP contribution in [0.3, 0.4) is 0 Å².